The molecule has 0 aliphatic heterocycles. The van der Waals surface area contributed by atoms with Gasteiger partial charge >= 0.3 is 0 Å². The summed E-state index contributed by atoms with van der Waals surface area (Å²) >= 11 is 0. The SMILES string of the molecule is CC[C@@H](N)C(=O)Nc1ccc(S(=O)(=O)NC(C)C)cc1. The van der Waals surface area contributed by atoms with Crippen LogP contribution in [0.3, 0.4) is 0 Å². The number of nitrogens with one attached hydrogen (secondary N) is 2. The molecule has 1 aromatic rings. The first kappa shape index (κ1) is 16.6. The summed E-state index contributed by atoms with van der Waals surface area (Å²) in [6.45, 7) is 5.31. The Hall–Kier alpha value is -1.44. The highest BCUT2D eigenvalue weighted by Crippen LogP contribution is 2.14. The van der Waals surface area contributed by atoms with E-state index in [1.165, 1.54) is 24.3 Å². The van der Waals surface area contributed by atoms with Crippen LogP contribution in [-0.4, -0.2) is 26.4 Å². The summed E-state index contributed by atoms with van der Waals surface area (Å²) in [4.78, 5) is 11.8. The van der Waals surface area contributed by atoms with Gasteiger partial charge in [0.25, 0.3) is 0 Å². The Balaban J connectivity index is 2.82. The van der Waals surface area contributed by atoms with E-state index in [1.807, 2.05) is 6.92 Å². The van der Waals surface area contributed by atoms with E-state index < -0.39 is 16.1 Å². The van der Waals surface area contributed by atoms with Crippen molar-refractivity contribution in [3.05, 3.63) is 24.3 Å². The van der Waals surface area contributed by atoms with Gasteiger partial charge in [0.05, 0.1) is 10.9 Å². The Bertz CT molecular complexity index is 553. The molecule has 1 atom stereocenters. The summed E-state index contributed by atoms with van der Waals surface area (Å²) in [5.74, 6) is -0.289. The molecular weight excluding hydrogens is 278 g/mol. The van der Waals surface area contributed by atoms with Gasteiger partial charge in [0.15, 0.2) is 0 Å². The van der Waals surface area contributed by atoms with Crippen LogP contribution >= 0.6 is 0 Å². The third-order valence-electron chi connectivity index (χ3n) is 2.60. The van der Waals surface area contributed by atoms with Crippen molar-refractivity contribution in [2.75, 3.05) is 5.32 Å². The monoisotopic (exact) mass is 299 g/mol. The summed E-state index contributed by atoms with van der Waals surface area (Å²) in [5.41, 5.74) is 6.12. The van der Waals surface area contributed by atoms with E-state index in [4.69, 9.17) is 5.73 Å². The zero-order valence-corrected chi connectivity index (χ0v) is 12.7. The number of amides is 1. The highest BCUT2D eigenvalue weighted by atomic mass is 32.2. The number of carbonyl (C=O) groups excluding carboxylic acids is 1. The molecule has 0 spiro atoms. The van der Waals surface area contributed by atoms with Gasteiger partial charge in [0.1, 0.15) is 0 Å². The smallest absolute Gasteiger partial charge is 0.241 e. The minimum Gasteiger partial charge on any atom is -0.325 e. The molecule has 112 valence electrons. The van der Waals surface area contributed by atoms with Gasteiger partial charge in [0.2, 0.25) is 15.9 Å². The van der Waals surface area contributed by atoms with Crippen molar-refractivity contribution in [1.29, 1.82) is 0 Å². The zero-order valence-electron chi connectivity index (χ0n) is 11.9. The van der Waals surface area contributed by atoms with E-state index in [2.05, 4.69) is 10.0 Å². The largest absolute Gasteiger partial charge is 0.325 e. The topological polar surface area (TPSA) is 101 Å². The van der Waals surface area contributed by atoms with E-state index in [-0.39, 0.29) is 16.8 Å². The van der Waals surface area contributed by atoms with Crippen LogP contribution in [0.4, 0.5) is 5.69 Å². The normalized spacial score (nSPS) is 13.2. The third kappa shape index (κ3) is 4.59. The fraction of sp³-hybridized carbons (Fsp3) is 0.462. The van der Waals surface area contributed by atoms with Crippen molar-refractivity contribution >= 4 is 21.6 Å². The second kappa shape index (κ2) is 6.83. The van der Waals surface area contributed by atoms with E-state index in [0.29, 0.717) is 12.1 Å². The van der Waals surface area contributed by atoms with Gasteiger partial charge < -0.3 is 11.1 Å². The zero-order chi connectivity index (χ0) is 15.3. The van der Waals surface area contributed by atoms with Crippen molar-refractivity contribution in [3.8, 4) is 0 Å². The quantitative estimate of drug-likeness (QED) is 0.730. The van der Waals surface area contributed by atoms with Gasteiger partial charge in [-0.05, 0) is 44.5 Å². The number of benzene rings is 1. The Morgan fingerprint density at radius 1 is 1.25 bits per heavy atom. The van der Waals surface area contributed by atoms with Crippen LogP contribution in [0.5, 0.6) is 0 Å². The highest BCUT2D eigenvalue weighted by Gasteiger charge is 2.16. The number of hydrogen-bond acceptors (Lipinski definition) is 4. The molecule has 1 amide bonds. The molecule has 7 heteroatoms. The third-order valence-corrected chi connectivity index (χ3v) is 4.27. The Kier molecular flexibility index (Phi) is 5.67. The van der Waals surface area contributed by atoms with Gasteiger partial charge in [0, 0.05) is 11.7 Å². The summed E-state index contributed by atoms with van der Waals surface area (Å²) in [6, 6.07) is 5.21. The highest BCUT2D eigenvalue weighted by molar-refractivity contribution is 7.89. The van der Waals surface area contributed by atoms with E-state index in [9.17, 15) is 13.2 Å². The number of anilines is 1. The Morgan fingerprint density at radius 2 is 1.80 bits per heavy atom. The maximum Gasteiger partial charge on any atom is 0.241 e. The van der Waals surface area contributed by atoms with Crippen molar-refractivity contribution in [2.45, 2.75) is 44.2 Å². The van der Waals surface area contributed by atoms with Crippen LogP contribution in [0.2, 0.25) is 0 Å². The van der Waals surface area contributed by atoms with E-state index in [1.54, 1.807) is 13.8 Å². The second-order valence-electron chi connectivity index (χ2n) is 4.80. The first-order chi connectivity index (χ1) is 9.26. The average Bonchev–Trinajstić information content (AvgIpc) is 2.36. The lowest BCUT2D eigenvalue weighted by Crippen LogP contribution is -2.34. The van der Waals surface area contributed by atoms with Crippen LogP contribution in [-0.2, 0) is 14.8 Å². The molecule has 0 aliphatic rings. The van der Waals surface area contributed by atoms with Crippen molar-refractivity contribution in [1.82, 2.24) is 4.72 Å². The lowest BCUT2D eigenvalue weighted by atomic mass is 10.2. The summed E-state index contributed by atoms with van der Waals surface area (Å²) in [6.07, 6.45) is 0.538. The maximum atomic E-state index is 11.9. The van der Waals surface area contributed by atoms with Gasteiger partial charge in [-0.3, -0.25) is 4.79 Å². The molecule has 0 fully saturated rings. The molecule has 1 rings (SSSR count). The summed E-state index contributed by atoms with van der Waals surface area (Å²) < 4.78 is 26.3. The predicted octanol–water partition coefficient (Wildman–Crippen LogP) is 1.05. The molecule has 0 aromatic heterocycles. The molecule has 0 unspecified atom stereocenters. The van der Waals surface area contributed by atoms with Crippen molar-refractivity contribution in [3.63, 3.8) is 0 Å². The van der Waals surface area contributed by atoms with Gasteiger partial charge in [-0.25, -0.2) is 13.1 Å². The van der Waals surface area contributed by atoms with Gasteiger partial charge in [-0.15, -0.1) is 0 Å². The molecule has 0 bridgehead atoms. The number of carbonyl (C=O) groups is 1. The molecule has 0 saturated heterocycles. The van der Waals surface area contributed by atoms with Crippen LogP contribution in [0.1, 0.15) is 27.2 Å². The average molecular weight is 299 g/mol. The number of hydrogen-bond donors (Lipinski definition) is 3. The fourth-order valence-electron chi connectivity index (χ4n) is 1.52. The van der Waals surface area contributed by atoms with E-state index >= 15 is 0 Å². The second-order valence-corrected chi connectivity index (χ2v) is 6.52. The lowest BCUT2D eigenvalue weighted by molar-refractivity contribution is -0.117. The Labute approximate surface area is 119 Å². The van der Waals surface area contributed by atoms with Crippen LogP contribution < -0.4 is 15.8 Å². The molecule has 6 nitrogen and oxygen atoms in total. The molecular formula is C13H21N3O3S. The van der Waals surface area contributed by atoms with Crippen molar-refractivity contribution < 1.29 is 13.2 Å². The van der Waals surface area contributed by atoms with Gasteiger partial charge in [-0.1, -0.05) is 6.92 Å². The maximum absolute atomic E-state index is 11.9. The molecule has 0 aliphatic carbocycles. The molecule has 0 saturated carbocycles. The number of sulfonamides is 1. The molecule has 1 aromatic carbocycles. The molecule has 0 heterocycles. The van der Waals surface area contributed by atoms with E-state index in [0.717, 1.165) is 0 Å². The van der Waals surface area contributed by atoms with Crippen LogP contribution in [0.15, 0.2) is 29.2 Å². The predicted molar refractivity (Wildman–Crippen MR) is 78.8 cm³/mol. The molecule has 4 N–H and O–H groups in total. The number of nitrogens with two attached hydrogens (primary N) is 1. The van der Waals surface area contributed by atoms with Crippen molar-refractivity contribution in [2.24, 2.45) is 5.73 Å². The first-order valence-electron chi connectivity index (χ1n) is 6.45. The van der Waals surface area contributed by atoms with Crippen LogP contribution in [0, 0.1) is 0 Å². The minimum atomic E-state index is -3.51. The first-order valence-corrected chi connectivity index (χ1v) is 7.93. The summed E-state index contributed by atoms with van der Waals surface area (Å²) in [7, 11) is -3.51. The Morgan fingerprint density at radius 3 is 2.25 bits per heavy atom. The summed E-state index contributed by atoms with van der Waals surface area (Å²) in [5, 5.41) is 2.63. The molecule has 0 radical (unpaired) electrons. The number of rotatable bonds is 6. The van der Waals surface area contributed by atoms with Crippen LogP contribution in [0.25, 0.3) is 0 Å². The minimum absolute atomic E-state index is 0.156. The molecule has 20 heavy (non-hydrogen) atoms. The standard InChI is InChI=1S/C13H21N3O3S/c1-4-12(14)13(17)15-10-5-7-11(8-6-10)20(18,19)16-9(2)3/h5-9,12,16H,4,14H2,1-3H3,(H,15,17)/t12-/m1/s1. The lowest BCUT2D eigenvalue weighted by Gasteiger charge is -2.12. The fourth-order valence-corrected chi connectivity index (χ4v) is 2.77. The van der Waals surface area contributed by atoms with Gasteiger partial charge in [-0.2, -0.15) is 0 Å².